The van der Waals surface area contributed by atoms with Gasteiger partial charge in [0.1, 0.15) is 0 Å². The third kappa shape index (κ3) is 3.17. The summed E-state index contributed by atoms with van der Waals surface area (Å²) in [7, 11) is 0. The van der Waals surface area contributed by atoms with Crippen LogP contribution in [0.5, 0.6) is 0 Å². The van der Waals surface area contributed by atoms with Gasteiger partial charge in [-0.15, -0.1) is 6.42 Å². The number of allylic oxidation sites excluding steroid dienone is 2. The van der Waals surface area contributed by atoms with Gasteiger partial charge < -0.3 is 0 Å². The van der Waals surface area contributed by atoms with E-state index in [1.165, 1.54) is 5.56 Å². The molecule has 0 fully saturated rings. The normalized spacial score (nSPS) is 10.2. The molecule has 0 saturated carbocycles. The van der Waals surface area contributed by atoms with Crippen molar-refractivity contribution in [2.45, 2.75) is 19.8 Å². The first kappa shape index (κ1) is 9.61. The van der Waals surface area contributed by atoms with Crippen molar-refractivity contribution in [2.24, 2.45) is 0 Å². The second-order valence-electron chi connectivity index (χ2n) is 2.93. The zero-order valence-corrected chi connectivity index (χ0v) is 7.96. The first-order valence-electron chi connectivity index (χ1n) is 4.57. The van der Waals surface area contributed by atoms with Crippen molar-refractivity contribution in [1.82, 2.24) is 0 Å². The fraction of sp³-hybridized carbons (Fsp3) is 0.231. The Labute approximate surface area is 80.3 Å². The highest BCUT2D eigenvalue weighted by atomic mass is 13.9. The van der Waals surface area contributed by atoms with E-state index in [1.54, 1.807) is 0 Å². The van der Waals surface area contributed by atoms with Crippen LogP contribution in [0.25, 0.3) is 0 Å². The van der Waals surface area contributed by atoms with Crippen LogP contribution in [0.1, 0.15) is 24.5 Å². The Morgan fingerprint density at radius 1 is 1.23 bits per heavy atom. The van der Waals surface area contributed by atoms with Gasteiger partial charge in [0.15, 0.2) is 0 Å². The minimum atomic E-state index is 0.947. The Kier molecular flexibility index (Phi) is 3.85. The summed E-state index contributed by atoms with van der Waals surface area (Å²) in [5, 5.41) is 0. The van der Waals surface area contributed by atoms with Crippen LogP contribution in [0.4, 0.5) is 0 Å². The molecular weight excluding hydrogens is 156 g/mol. The van der Waals surface area contributed by atoms with Gasteiger partial charge in [-0.25, -0.2) is 0 Å². The van der Waals surface area contributed by atoms with Crippen molar-refractivity contribution < 1.29 is 0 Å². The standard InChI is InChI=1S/C13H14/c1-3-5-6-7-13-10-8-12(4-2)9-11-13/h2,5-6,8-11H,3,7H2,1H3/b6-5+. The second kappa shape index (κ2) is 5.22. The van der Waals surface area contributed by atoms with E-state index in [0.29, 0.717) is 0 Å². The SMILES string of the molecule is C#Cc1ccc(C/C=C/CC)cc1. The number of hydrogen-bond acceptors (Lipinski definition) is 0. The lowest BCUT2D eigenvalue weighted by Crippen LogP contribution is -1.81. The lowest BCUT2D eigenvalue weighted by molar-refractivity contribution is 1.18. The van der Waals surface area contributed by atoms with Crippen LogP contribution in [0, 0.1) is 12.3 Å². The van der Waals surface area contributed by atoms with E-state index < -0.39 is 0 Å². The van der Waals surface area contributed by atoms with E-state index in [1.807, 2.05) is 12.1 Å². The minimum Gasteiger partial charge on any atom is -0.115 e. The lowest BCUT2D eigenvalue weighted by Gasteiger charge is -1.95. The molecule has 66 valence electrons. The van der Waals surface area contributed by atoms with Gasteiger partial charge in [0.05, 0.1) is 0 Å². The zero-order valence-electron chi connectivity index (χ0n) is 7.96. The highest BCUT2D eigenvalue weighted by Crippen LogP contribution is 2.04. The molecular formula is C13H14. The largest absolute Gasteiger partial charge is 0.115 e. The average Bonchev–Trinajstić information content (AvgIpc) is 2.19. The predicted molar refractivity (Wildman–Crippen MR) is 57.5 cm³/mol. The van der Waals surface area contributed by atoms with Gasteiger partial charge in [0.25, 0.3) is 0 Å². The molecule has 13 heavy (non-hydrogen) atoms. The summed E-state index contributed by atoms with van der Waals surface area (Å²) in [6, 6.07) is 8.12. The van der Waals surface area contributed by atoms with Crippen LogP contribution in [0.3, 0.4) is 0 Å². The van der Waals surface area contributed by atoms with E-state index in [-0.39, 0.29) is 0 Å². The molecule has 0 bridgehead atoms. The van der Waals surface area contributed by atoms with Crippen molar-refractivity contribution in [2.75, 3.05) is 0 Å². The molecule has 0 radical (unpaired) electrons. The summed E-state index contributed by atoms with van der Waals surface area (Å²) in [4.78, 5) is 0. The third-order valence-corrected chi connectivity index (χ3v) is 1.88. The monoisotopic (exact) mass is 170 g/mol. The first-order valence-corrected chi connectivity index (χ1v) is 4.57. The Morgan fingerprint density at radius 3 is 2.46 bits per heavy atom. The van der Waals surface area contributed by atoms with E-state index in [2.05, 4.69) is 37.1 Å². The van der Waals surface area contributed by atoms with Gasteiger partial charge in [-0.1, -0.05) is 37.1 Å². The maximum atomic E-state index is 5.26. The first-order chi connectivity index (χ1) is 6.36. The molecule has 0 heterocycles. The van der Waals surface area contributed by atoms with E-state index >= 15 is 0 Å². The maximum Gasteiger partial charge on any atom is 0.0242 e. The minimum absolute atomic E-state index is 0.947. The summed E-state index contributed by atoms with van der Waals surface area (Å²) >= 11 is 0. The molecule has 0 aliphatic heterocycles. The van der Waals surface area contributed by atoms with Crippen molar-refractivity contribution >= 4 is 0 Å². The smallest absolute Gasteiger partial charge is 0.0242 e. The topological polar surface area (TPSA) is 0 Å². The van der Waals surface area contributed by atoms with Crippen LogP contribution >= 0.6 is 0 Å². The Morgan fingerprint density at radius 2 is 1.92 bits per heavy atom. The second-order valence-corrected chi connectivity index (χ2v) is 2.93. The van der Waals surface area contributed by atoms with Crippen LogP contribution in [-0.4, -0.2) is 0 Å². The molecule has 0 aliphatic rings. The molecule has 1 aromatic rings. The number of terminal acetylenes is 1. The molecule has 0 nitrogen and oxygen atoms in total. The average molecular weight is 170 g/mol. The Bertz CT molecular complexity index is 309. The summed E-state index contributed by atoms with van der Waals surface area (Å²) < 4.78 is 0. The highest BCUT2D eigenvalue weighted by Gasteiger charge is 1.89. The molecule has 0 spiro atoms. The van der Waals surface area contributed by atoms with Crippen LogP contribution in [0.2, 0.25) is 0 Å². The van der Waals surface area contributed by atoms with Gasteiger partial charge in [-0.2, -0.15) is 0 Å². The molecule has 1 rings (SSSR count). The maximum absolute atomic E-state index is 5.26. The van der Waals surface area contributed by atoms with E-state index in [0.717, 1.165) is 18.4 Å². The number of rotatable bonds is 3. The van der Waals surface area contributed by atoms with Gasteiger partial charge in [-0.3, -0.25) is 0 Å². The van der Waals surface area contributed by atoms with Gasteiger partial charge in [0.2, 0.25) is 0 Å². The van der Waals surface area contributed by atoms with Crippen LogP contribution in [0.15, 0.2) is 36.4 Å². The quantitative estimate of drug-likeness (QED) is 0.483. The summed E-state index contributed by atoms with van der Waals surface area (Å²) in [5.41, 5.74) is 2.26. The molecule has 0 heteroatoms. The van der Waals surface area contributed by atoms with Crippen molar-refractivity contribution in [3.63, 3.8) is 0 Å². The fourth-order valence-corrected chi connectivity index (χ4v) is 1.12. The van der Waals surface area contributed by atoms with Gasteiger partial charge in [-0.05, 0) is 30.5 Å². The Balaban J connectivity index is 2.60. The van der Waals surface area contributed by atoms with Gasteiger partial charge >= 0.3 is 0 Å². The molecule has 0 aromatic heterocycles. The summed E-state index contributed by atoms with van der Waals surface area (Å²) in [6.45, 7) is 2.14. The van der Waals surface area contributed by atoms with Crippen LogP contribution < -0.4 is 0 Å². The summed E-state index contributed by atoms with van der Waals surface area (Å²) in [5.74, 6) is 2.60. The van der Waals surface area contributed by atoms with E-state index in [9.17, 15) is 0 Å². The summed E-state index contributed by atoms with van der Waals surface area (Å²) in [6.07, 6.45) is 11.7. The third-order valence-electron chi connectivity index (χ3n) is 1.88. The molecule has 0 atom stereocenters. The molecule has 0 amide bonds. The molecule has 0 saturated heterocycles. The molecule has 1 aromatic carbocycles. The number of benzene rings is 1. The molecule has 0 unspecified atom stereocenters. The number of hydrogen-bond donors (Lipinski definition) is 0. The molecule has 0 aliphatic carbocycles. The van der Waals surface area contributed by atoms with Crippen LogP contribution in [-0.2, 0) is 6.42 Å². The van der Waals surface area contributed by atoms with Crippen molar-refractivity contribution in [1.29, 1.82) is 0 Å². The Hall–Kier alpha value is -1.48. The van der Waals surface area contributed by atoms with Crippen molar-refractivity contribution in [3.8, 4) is 12.3 Å². The zero-order chi connectivity index (χ0) is 9.52. The predicted octanol–water partition coefficient (Wildman–Crippen LogP) is 3.18. The van der Waals surface area contributed by atoms with E-state index in [4.69, 9.17) is 6.42 Å². The lowest BCUT2D eigenvalue weighted by atomic mass is 10.1. The fourth-order valence-electron chi connectivity index (χ4n) is 1.12. The van der Waals surface area contributed by atoms with Crippen molar-refractivity contribution in [3.05, 3.63) is 47.5 Å². The molecule has 0 N–H and O–H groups in total. The van der Waals surface area contributed by atoms with Gasteiger partial charge in [0, 0.05) is 5.56 Å². The highest BCUT2D eigenvalue weighted by molar-refractivity contribution is 5.34.